The quantitative estimate of drug-likeness (QED) is 0.776. The largest absolute Gasteiger partial charge is 0.497 e. The fourth-order valence-electron chi connectivity index (χ4n) is 2.22. The number of carbonyl (C=O) groups is 2. The van der Waals surface area contributed by atoms with E-state index in [1.165, 1.54) is 0 Å². The Balaban J connectivity index is 1.42. The van der Waals surface area contributed by atoms with Gasteiger partial charge in [0.15, 0.2) is 18.1 Å². The monoisotopic (exact) mass is 358 g/mol. The molecule has 8 nitrogen and oxygen atoms in total. The molecule has 2 amide bonds. The molecule has 2 aromatic rings. The van der Waals surface area contributed by atoms with Gasteiger partial charge in [-0.3, -0.25) is 20.4 Å². The first-order valence-electron chi connectivity index (χ1n) is 7.90. The van der Waals surface area contributed by atoms with Crippen molar-refractivity contribution in [2.45, 2.75) is 6.10 Å². The predicted octanol–water partition coefficient (Wildman–Crippen LogP) is 1.06. The molecule has 1 aliphatic heterocycles. The lowest BCUT2D eigenvalue weighted by Gasteiger charge is -2.25. The van der Waals surface area contributed by atoms with E-state index in [0.717, 1.165) is 0 Å². The Bertz CT molecular complexity index is 778. The van der Waals surface area contributed by atoms with Gasteiger partial charge in [-0.1, -0.05) is 12.1 Å². The first kappa shape index (κ1) is 17.4. The average Bonchev–Trinajstić information content (AvgIpc) is 2.70. The number of benzene rings is 2. The van der Waals surface area contributed by atoms with Crippen molar-refractivity contribution in [2.24, 2.45) is 0 Å². The van der Waals surface area contributed by atoms with Crippen molar-refractivity contribution in [1.82, 2.24) is 10.9 Å². The highest BCUT2D eigenvalue weighted by Gasteiger charge is 2.27. The summed E-state index contributed by atoms with van der Waals surface area (Å²) in [6, 6.07) is 13.8. The second-order valence-corrected chi connectivity index (χ2v) is 5.37. The molecule has 0 aliphatic carbocycles. The van der Waals surface area contributed by atoms with Crippen molar-refractivity contribution in [3.05, 3.63) is 48.5 Å². The molecule has 1 heterocycles. The zero-order chi connectivity index (χ0) is 18.4. The Morgan fingerprint density at radius 1 is 1.04 bits per heavy atom. The van der Waals surface area contributed by atoms with E-state index >= 15 is 0 Å². The fraction of sp³-hybridized carbons (Fsp3) is 0.222. The second-order valence-electron chi connectivity index (χ2n) is 5.37. The van der Waals surface area contributed by atoms with Crippen LogP contribution >= 0.6 is 0 Å². The maximum Gasteiger partial charge on any atom is 0.283 e. The molecule has 1 atom stereocenters. The Hall–Kier alpha value is -3.42. The van der Waals surface area contributed by atoms with Crippen LogP contribution in [0.4, 0.5) is 0 Å². The average molecular weight is 358 g/mol. The summed E-state index contributed by atoms with van der Waals surface area (Å²) in [4.78, 5) is 23.8. The summed E-state index contributed by atoms with van der Waals surface area (Å²) in [6.45, 7) is -0.196. The topological polar surface area (TPSA) is 95.1 Å². The minimum Gasteiger partial charge on any atom is -0.497 e. The standard InChI is InChI=1S/C18H18N2O6/c1-23-12-6-8-13(9-7-12)24-11-17(21)19-20-18(22)16-10-25-14-4-2-3-5-15(14)26-16/h2-9,16H,10-11H2,1H3,(H,19,21)(H,20,22). The zero-order valence-electron chi connectivity index (χ0n) is 14.1. The minimum atomic E-state index is -0.854. The number of para-hydroxylation sites is 2. The molecule has 0 saturated heterocycles. The molecule has 3 rings (SSSR count). The number of carbonyl (C=O) groups excluding carboxylic acids is 2. The minimum absolute atomic E-state index is 0.0566. The molecule has 8 heteroatoms. The third kappa shape index (κ3) is 4.35. The number of hydrogen-bond acceptors (Lipinski definition) is 6. The van der Waals surface area contributed by atoms with Crippen LogP contribution in [0, 0.1) is 0 Å². The number of hydrogen-bond donors (Lipinski definition) is 2. The van der Waals surface area contributed by atoms with E-state index in [0.29, 0.717) is 23.0 Å². The smallest absolute Gasteiger partial charge is 0.283 e. The van der Waals surface area contributed by atoms with E-state index in [1.54, 1.807) is 49.6 Å². The van der Waals surface area contributed by atoms with E-state index < -0.39 is 17.9 Å². The van der Waals surface area contributed by atoms with E-state index in [1.807, 2.05) is 6.07 Å². The maximum atomic E-state index is 12.1. The molecule has 0 bridgehead atoms. The number of amides is 2. The molecular formula is C18H18N2O6. The SMILES string of the molecule is COc1ccc(OCC(=O)NNC(=O)C2COc3ccccc3O2)cc1. The van der Waals surface area contributed by atoms with Gasteiger partial charge in [-0.2, -0.15) is 0 Å². The third-order valence-electron chi connectivity index (χ3n) is 3.56. The van der Waals surface area contributed by atoms with Crippen molar-refractivity contribution >= 4 is 11.8 Å². The number of methoxy groups -OCH3 is 1. The van der Waals surface area contributed by atoms with Crippen molar-refractivity contribution in [3.63, 3.8) is 0 Å². The normalized spacial score (nSPS) is 14.9. The van der Waals surface area contributed by atoms with Gasteiger partial charge < -0.3 is 18.9 Å². The number of nitrogens with one attached hydrogen (secondary N) is 2. The van der Waals surface area contributed by atoms with Gasteiger partial charge in [-0.05, 0) is 36.4 Å². The predicted molar refractivity (Wildman–Crippen MR) is 91.1 cm³/mol. The molecule has 0 saturated carbocycles. The van der Waals surface area contributed by atoms with Crippen LogP contribution in [0.5, 0.6) is 23.0 Å². The Morgan fingerprint density at radius 3 is 2.46 bits per heavy atom. The van der Waals surface area contributed by atoms with Crippen LogP contribution in [0.25, 0.3) is 0 Å². The Labute approximate surface area is 150 Å². The van der Waals surface area contributed by atoms with Crippen LogP contribution < -0.4 is 29.8 Å². The summed E-state index contributed by atoms with van der Waals surface area (Å²) in [5, 5.41) is 0. The van der Waals surface area contributed by atoms with E-state index in [4.69, 9.17) is 18.9 Å². The van der Waals surface area contributed by atoms with Crippen molar-refractivity contribution in [3.8, 4) is 23.0 Å². The first-order valence-corrected chi connectivity index (χ1v) is 7.90. The second kappa shape index (κ2) is 8.11. The molecule has 2 N–H and O–H groups in total. The highest BCUT2D eigenvalue weighted by Crippen LogP contribution is 2.30. The van der Waals surface area contributed by atoms with Gasteiger partial charge in [0.25, 0.3) is 11.8 Å². The van der Waals surface area contributed by atoms with E-state index in [-0.39, 0.29) is 13.2 Å². The van der Waals surface area contributed by atoms with E-state index in [9.17, 15) is 9.59 Å². The number of ether oxygens (including phenoxy) is 4. The van der Waals surface area contributed by atoms with Crippen LogP contribution in [-0.4, -0.2) is 38.2 Å². The Kier molecular flexibility index (Phi) is 5.43. The maximum absolute atomic E-state index is 12.1. The lowest BCUT2D eigenvalue weighted by molar-refractivity contribution is -0.135. The molecule has 0 aromatic heterocycles. The van der Waals surface area contributed by atoms with Gasteiger partial charge in [0.2, 0.25) is 6.10 Å². The van der Waals surface area contributed by atoms with Gasteiger partial charge in [-0.25, -0.2) is 0 Å². The molecular weight excluding hydrogens is 340 g/mol. The number of hydrazine groups is 1. The van der Waals surface area contributed by atoms with Crippen molar-refractivity contribution < 1.29 is 28.5 Å². The number of rotatable bonds is 5. The lowest BCUT2D eigenvalue weighted by Crippen LogP contribution is -2.51. The van der Waals surface area contributed by atoms with Crippen LogP contribution in [-0.2, 0) is 9.59 Å². The molecule has 0 fully saturated rings. The van der Waals surface area contributed by atoms with Crippen molar-refractivity contribution in [2.75, 3.05) is 20.3 Å². The summed E-state index contributed by atoms with van der Waals surface area (Å²) in [5.74, 6) is 1.23. The van der Waals surface area contributed by atoms with Gasteiger partial charge in [0.1, 0.15) is 18.1 Å². The summed E-state index contributed by atoms with van der Waals surface area (Å²) < 4.78 is 21.4. The van der Waals surface area contributed by atoms with Crippen LogP contribution in [0.15, 0.2) is 48.5 Å². The highest BCUT2D eigenvalue weighted by atomic mass is 16.6. The van der Waals surface area contributed by atoms with Crippen LogP contribution in [0.2, 0.25) is 0 Å². The van der Waals surface area contributed by atoms with Gasteiger partial charge in [-0.15, -0.1) is 0 Å². The summed E-state index contributed by atoms with van der Waals surface area (Å²) in [5.41, 5.74) is 4.57. The Morgan fingerprint density at radius 2 is 1.73 bits per heavy atom. The third-order valence-corrected chi connectivity index (χ3v) is 3.56. The molecule has 0 spiro atoms. The fourth-order valence-corrected chi connectivity index (χ4v) is 2.22. The first-order chi connectivity index (χ1) is 12.7. The highest BCUT2D eigenvalue weighted by molar-refractivity contribution is 5.85. The van der Waals surface area contributed by atoms with Gasteiger partial charge in [0.05, 0.1) is 7.11 Å². The summed E-state index contributed by atoms with van der Waals surface area (Å²) in [7, 11) is 1.56. The molecule has 136 valence electrons. The molecule has 0 radical (unpaired) electrons. The summed E-state index contributed by atoms with van der Waals surface area (Å²) in [6.07, 6.45) is -0.854. The van der Waals surface area contributed by atoms with Crippen LogP contribution in [0.1, 0.15) is 0 Å². The zero-order valence-corrected chi connectivity index (χ0v) is 14.1. The summed E-state index contributed by atoms with van der Waals surface area (Å²) >= 11 is 0. The lowest BCUT2D eigenvalue weighted by atomic mass is 10.2. The molecule has 2 aromatic carbocycles. The molecule has 1 unspecified atom stereocenters. The molecule has 1 aliphatic rings. The van der Waals surface area contributed by atoms with E-state index in [2.05, 4.69) is 10.9 Å². The van der Waals surface area contributed by atoms with Gasteiger partial charge in [0, 0.05) is 0 Å². The van der Waals surface area contributed by atoms with Gasteiger partial charge >= 0.3 is 0 Å². The molecule has 26 heavy (non-hydrogen) atoms. The van der Waals surface area contributed by atoms with Crippen LogP contribution in [0.3, 0.4) is 0 Å². The number of fused-ring (bicyclic) bond motifs is 1. The van der Waals surface area contributed by atoms with Crippen molar-refractivity contribution in [1.29, 1.82) is 0 Å².